The van der Waals surface area contributed by atoms with Crippen molar-refractivity contribution in [1.29, 1.82) is 0 Å². The molecule has 1 rings (SSSR count). The van der Waals surface area contributed by atoms with E-state index in [4.69, 9.17) is 0 Å². The van der Waals surface area contributed by atoms with Gasteiger partial charge in [-0.15, -0.1) is 0 Å². The number of hydrogen-bond donors (Lipinski definition) is 1. The molecule has 4 nitrogen and oxygen atoms in total. The lowest BCUT2D eigenvalue weighted by atomic mass is 10.2. The van der Waals surface area contributed by atoms with Crippen molar-refractivity contribution in [2.24, 2.45) is 0 Å². The largest absolute Gasteiger partial charge is 0.352 e. The summed E-state index contributed by atoms with van der Waals surface area (Å²) in [7, 11) is -0.842. The zero-order chi connectivity index (χ0) is 12.8. The van der Waals surface area contributed by atoms with Crippen molar-refractivity contribution < 1.29 is 9.00 Å². The maximum Gasteiger partial charge on any atom is 0.252 e. The molecule has 0 aliphatic heterocycles. The number of hydrogen-bond acceptors (Lipinski definition) is 3. The first-order valence-electron chi connectivity index (χ1n) is 5.22. The van der Waals surface area contributed by atoms with Gasteiger partial charge in [-0.1, -0.05) is 6.92 Å². The highest BCUT2D eigenvalue weighted by molar-refractivity contribution is 9.10. The number of nitrogens with zero attached hydrogens (tertiary/aromatic N) is 1. The van der Waals surface area contributed by atoms with E-state index in [-0.39, 0.29) is 11.2 Å². The lowest BCUT2D eigenvalue weighted by molar-refractivity contribution is 0.0953. The zero-order valence-corrected chi connectivity index (χ0v) is 12.2. The molecule has 0 aromatic carbocycles. The monoisotopic (exact) mass is 318 g/mol. The maximum atomic E-state index is 11.7. The molecule has 0 radical (unpaired) electrons. The molecule has 2 atom stereocenters. The number of pyridine rings is 1. The van der Waals surface area contributed by atoms with Gasteiger partial charge in [0.2, 0.25) is 0 Å². The first kappa shape index (κ1) is 14.3. The van der Waals surface area contributed by atoms with Crippen LogP contribution >= 0.6 is 15.9 Å². The summed E-state index contributed by atoms with van der Waals surface area (Å²) < 4.78 is 11.8. The first-order valence-corrected chi connectivity index (χ1v) is 7.64. The minimum Gasteiger partial charge on any atom is -0.352 e. The summed E-state index contributed by atoms with van der Waals surface area (Å²) in [6.07, 6.45) is 3.89. The van der Waals surface area contributed by atoms with Crippen molar-refractivity contribution in [2.75, 3.05) is 12.8 Å². The van der Waals surface area contributed by atoms with E-state index in [1.165, 1.54) is 6.20 Å². The van der Waals surface area contributed by atoms with E-state index in [1.807, 2.05) is 6.92 Å². The third-order valence-electron chi connectivity index (χ3n) is 2.39. The van der Waals surface area contributed by atoms with Crippen molar-refractivity contribution >= 4 is 32.6 Å². The molecule has 1 heterocycles. The number of nitrogens with one attached hydrogen (secondary N) is 1. The molecule has 2 unspecified atom stereocenters. The summed E-state index contributed by atoms with van der Waals surface area (Å²) in [5.74, 6) is -0.154. The van der Waals surface area contributed by atoms with Crippen molar-refractivity contribution in [1.82, 2.24) is 10.3 Å². The average Bonchev–Trinajstić information content (AvgIpc) is 2.29. The SMILES string of the molecule is CC(CCNC(=O)c1ccc(Br)nc1)S(C)=O. The van der Waals surface area contributed by atoms with Gasteiger partial charge in [0.25, 0.3) is 5.91 Å². The van der Waals surface area contributed by atoms with E-state index in [2.05, 4.69) is 26.2 Å². The van der Waals surface area contributed by atoms with Gasteiger partial charge < -0.3 is 5.32 Å². The molecule has 17 heavy (non-hydrogen) atoms. The van der Waals surface area contributed by atoms with Crippen LogP contribution < -0.4 is 5.32 Å². The highest BCUT2D eigenvalue weighted by Crippen LogP contribution is 2.06. The van der Waals surface area contributed by atoms with E-state index in [1.54, 1.807) is 18.4 Å². The molecule has 0 aliphatic carbocycles. The van der Waals surface area contributed by atoms with Crippen molar-refractivity contribution in [3.63, 3.8) is 0 Å². The number of aromatic nitrogens is 1. The third kappa shape index (κ3) is 4.95. The Hall–Kier alpha value is -0.750. The molecule has 0 saturated heterocycles. The van der Waals surface area contributed by atoms with Gasteiger partial charge in [-0.2, -0.15) is 0 Å². The van der Waals surface area contributed by atoms with E-state index in [9.17, 15) is 9.00 Å². The number of amides is 1. The predicted molar refractivity (Wildman–Crippen MR) is 72.4 cm³/mol. The Morgan fingerprint density at radius 2 is 2.29 bits per heavy atom. The second-order valence-electron chi connectivity index (χ2n) is 3.72. The Bertz CT molecular complexity index is 408. The van der Waals surface area contributed by atoms with Gasteiger partial charge in [0.15, 0.2) is 0 Å². The van der Waals surface area contributed by atoms with Crippen LogP contribution in [0.3, 0.4) is 0 Å². The van der Waals surface area contributed by atoms with E-state index in [0.717, 1.165) is 0 Å². The van der Waals surface area contributed by atoms with Gasteiger partial charge in [0.1, 0.15) is 4.60 Å². The fourth-order valence-electron chi connectivity index (χ4n) is 1.17. The summed E-state index contributed by atoms with van der Waals surface area (Å²) >= 11 is 3.21. The van der Waals surface area contributed by atoms with Crippen molar-refractivity contribution in [3.05, 3.63) is 28.5 Å². The van der Waals surface area contributed by atoms with Crippen LogP contribution in [0.15, 0.2) is 22.9 Å². The highest BCUT2D eigenvalue weighted by atomic mass is 79.9. The van der Waals surface area contributed by atoms with Crippen LogP contribution in [-0.4, -0.2) is 33.2 Å². The molecular formula is C11H15BrN2O2S. The smallest absolute Gasteiger partial charge is 0.252 e. The highest BCUT2D eigenvalue weighted by Gasteiger charge is 2.08. The molecule has 1 aromatic heterocycles. The molecule has 1 amide bonds. The van der Waals surface area contributed by atoms with E-state index >= 15 is 0 Å². The Morgan fingerprint density at radius 3 is 2.82 bits per heavy atom. The second kappa shape index (κ2) is 6.86. The number of halogens is 1. The molecule has 1 N–H and O–H groups in total. The molecule has 1 aromatic rings. The fourth-order valence-corrected chi connectivity index (χ4v) is 1.85. The second-order valence-corrected chi connectivity index (χ2v) is 6.34. The van der Waals surface area contributed by atoms with Gasteiger partial charge in [0, 0.05) is 35.0 Å². The van der Waals surface area contributed by atoms with Crippen LogP contribution in [0.2, 0.25) is 0 Å². The summed E-state index contributed by atoms with van der Waals surface area (Å²) in [5.41, 5.74) is 0.526. The lowest BCUT2D eigenvalue weighted by Crippen LogP contribution is -2.27. The Labute approximate surface area is 112 Å². The van der Waals surface area contributed by atoms with E-state index in [0.29, 0.717) is 23.1 Å². The topological polar surface area (TPSA) is 59.1 Å². The molecular weight excluding hydrogens is 304 g/mol. The predicted octanol–water partition coefficient (Wildman–Crippen LogP) is 1.73. The molecule has 0 saturated carbocycles. The molecule has 6 heteroatoms. The lowest BCUT2D eigenvalue weighted by Gasteiger charge is -2.09. The quantitative estimate of drug-likeness (QED) is 0.841. The summed E-state index contributed by atoms with van der Waals surface area (Å²) in [4.78, 5) is 15.6. The normalized spacial score (nSPS) is 14.1. The molecule has 0 spiro atoms. The van der Waals surface area contributed by atoms with Crippen molar-refractivity contribution in [2.45, 2.75) is 18.6 Å². The van der Waals surface area contributed by atoms with Crippen LogP contribution in [0.5, 0.6) is 0 Å². The average molecular weight is 319 g/mol. The van der Waals surface area contributed by atoms with Crippen LogP contribution in [-0.2, 0) is 10.8 Å². The van der Waals surface area contributed by atoms with Crippen LogP contribution in [0.1, 0.15) is 23.7 Å². The van der Waals surface area contributed by atoms with Crippen molar-refractivity contribution in [3.8, 4) is 0 Å². The van der Waals surface area contributed by atoms with Gasteiger partial charge in [-0.25, -0.2) is 4.98 Å². The van der Waals surface area contributed by atoms with E-state index < -0.39 is 10.8 Å². The van der Waals surface area contributed by atoms with Gasteiger partial charge >= 0.3 is 0 Å². The first-order chi connectivity index (χ1) is 8.00. The number of carbonyl (C=O) groups is 1. The molecule has 0 fully saturated rings. The molecule has 94 valence electrons. The van der Waals surface area contributed by atoms with Crippen LogP contribution in [0.4, 0.5) is 0 Å². The van der Waals surface area contributed by atoms with Gasteiger partial charge in [-0.05, 0) is 34.5 Å². The fraction of sp³-hybridized carbons (Fsp3) is 0.455. The minimum atomic E-state index is -0.842. The van der Waals surface area contributed by atoms with Gasteiger partial charge in [0.05, 0.1) is 5.56 Å². The summed E-state index contributed by atoms with van der Waals surface area (Å²) in [6, 6.07) is 3.42. The minimum absolute atomic E-state index is 0.0957. The maximum absolute atomic E-state index is 11.7. The number of carbonyl (C=O) groups excluding carboxylic acids is 1. The number of rotatable bonds is 5. The summed E-state index contributed by atoms with van der Waals surface area (Å²) in [5, 5.41) is 2.87. The van der Waals surface area contributed by atoms with Crippen LogP contribution in [0, 0.1) is 0 Å². The Morgan fingerprint density at radius 1 is 1.59 bits per heavy atom. The van der Waals surface area contributed by atoms with Gasteiger partial charge in [-0.3, -0.25) is 9.00 Å². The Balaban J connectivity index is 2.40. The molecule has 0 bridgehead atoms. The third-order valence-corrected chi connectivity index (χ3v) is 4.23. The van der Waals surface area contributed by atoms with Crippen LogP contribution in [0.25, 0.3) is 0 Å². The summed E-state index contributed by atoms with van der Waals surface area (Å²) in [6.45, 7) is 2.43. The standard InChI is InChI=1S/C11H15BrN2O2S/c1-8(17(2)16)5-6-13-11(15)9-3-4-10(12)14-7-9/h3-4,7-8H,5-6H2,1-2H3,(H,13,15). The zero-order valence-electron chi connectivity index (χ0n) is 9.77. The Kier molecular flexibility index (Phi) is 5.77. The molecule has 0 aliphatic rings.